The number of aromatic nitrogens is 2. The van der Waals surface area contributed by atoms with Crippen LogP contribution in [0.2, 0.25) is 0 Å². The van der Waals surface area contributed by atoms with Crippen LogP contribution in [0.1, 0.15) is 56.5 Å². The summed E-state index contributed by atoms with van der Waals surface area (Å²) in [5.74, 6) is 1.36. The van der Waals surface area contributed by atoms with E-state index in [1.807, 2.05) is 9.47 Å². The van der Waals surface area contributed by atoms with Crippen molar-refractivity contribution in [2.75, 3.05) is 52.4 Å². The van der Waals surface area contributed by atoms with Gasteiger partial charge in [0, 0.05) is 51.1 Å². The number of amides is 2. The molecule has 2 fully saturated rings. The molecule has 9 heteroatoms. The summed E-state index contributed by atoms with van der Waals surface area (Å²) < 4.78 is 6.89. The maximum absolute atomic E-state index is 12.8. The zero-order valence-electron chi connectivity index (χ0n) is 19.1. The monoisotopic (exact) mass is 445 g/mol. The van der Waals surface area contributed by atoms with Crippen molar-refractivity contribution in [2.24, 2.45) is 0 Å². The molecule has 0 saturated carbocycles. The van der Waals surface area contributed by atoms with Crippen LogP contribution in [0, 0.1) is 0 Å². The number of fused-ring (bicyclic) bond motifs is 1. The van der Waals surface area contributed by atoms with Crippen LogP contribution in [0.5, 0.6) is 0 Å². The summed E-state index contributed by atoms with van der Waals surface area (Å²) in [4.78, 5) is 47.8. The summed E-state index contributed by atoms with van der Waals surface area (Å²) in [6, 6.07) is 1.74. The lowest BCUT2D eigenvalue weighted by atomic mass is 9.93. The normalized spacial score (nSPS) is 20.5. The van der Waals surface area contributed by atoms with E-state index < -0.39 is 0 Å². The third-order valence-corrected chi connectivity index (χ3v) is 6.91. The Labute approximate surface area is 189 Å². The van der Waals surface area contributed by atoms with Gasteiger partial charge in [0.1, 0.15) is 5.82 Å². The van der Waals surface area contributed by atoms with E-state index in [1.54, 1.807) is 17.9 Å². The highest BCUT2D eigenvalue weighted by Gasteiger charge is 2.28. The maximum Gasteiger partial charge on any atom is 0.409 e. The van der Waals surface area contributed by atoms with Gasteiger partial charge in [-0.25, -0.2) is 9.78 Å². The number of ether oxygens (including phenoxy) is 1. The highest BCUT2D eigenvalue weighted by atomic mass is 16.6. The fourth-order valence-corrected chi connectivity index (χ4v) is 4.97. The molecule has 0 aliphatic carbocycles. The molecule has 176 valence electrons. The number of likely N-dealkylation sites (tertiary alicyclic amines) is 1. The lowest BCUT2D eigenvalue weighted by Crippen LogP contribution is -2.53. The van der Waals surface area contributed by atoms with Gasteiger partial charge in [0.2, 0.25) is 5.91 Å². The van der Waals surface area contributed by atoms with Gasteiger partial charge in [-0.1, -0.05) is 6.42 Å². The summed E-state index contributed by atoms with van der Waals surface area (Å²) >= 11 is 0. The van der Waals surface area contributed by atoms with E-state index in [2.05, 4.69) is 4.90 Å². The van der Waals surface area contributed by atoms with Crippen molar-refractivity contribution in [1.82, 2.24) is 24.3 Å². The van der Waals surface area contributed by atoms with E-state index in [0.29, 0.717) is 39.3 Å². The molecule has 0 radical (unpaired) electrons. The number of piperazine rings is 1. The molecule has 0 aromatic carbocycles. The quantitative estimate of drug-likeness (QED) is 0.697. The first-order valence-electron chi connectivity index (χ1n) is 12.1. The van der Waals surface area contributed by atoms with Gasteiger partial charge in [-0.2, -0.15) is 0 Å². The number of piperidine rings is 1. The summed E-state index contributed by atoms with van der Waals surface area (Å²) in [6.07, 6.45) is 5.73. The minimum atomic E-state index is -0.298. The molecular formula is C23H35N5O4. The Morgan fingerprint density at radius 1 is 1.00 bits per heavy atom. The van der Waals surface area contributed by atoms with Crippen LogP contribution in [0.15, 0.2) is 10.9 Å². The van der Waals surface area contributed by atoms with Crippen molar-refractivity contribution < 1.29 is 14.3 Å². The van der Waals surface area contributed by atoms with Crippen molar-refractivity contribution in [2.45, 2.75) is 57.9 Å². The van der Waals surface area contributed by atoms with Crippen LogP contribution in [0.4, 0.5) is 4.79 Å². The fourth-order valence-electron chi connectivity index (χ4n) is 4.97. The Morgan fingerprint density at radius 3 is 2.44 bits per heavy atom. The molecule has 32 heavy (non-hydrogen) atoms. The van der Waals surface area contributed by atoms with E-state index in [9.17, 15) is 14.4 Å². The minimum Gasteiger partial charge on any atom is -0.450 e. The number of hydrogen-bond donors (Lipinski definition) is 0. The summed E-state index contributed by atoms with van der Waals surface area (Å²) in [5, 5.41) is 0. The van der Waals surface area contributed by atoms with Gasteiger partial charge in [-0.15, -0.1) is 0 Å². The molecule has 0 spiro atoms. The number of hydrogen-bond acceptors (Lipinski definition) is 6. The fraction of sp³-hybridized carbons (Fsp3) is 0.739. The first-order chi connectivity index (χ1) is 15.5. The van der Waals surface area contributed by atoms with Gasteiger partial charge < -0.3 is 14.5 Å². The number of carbonyl (C=O) groups is 2. The van der Waals surface area contributed by atoms with Crippen LogP contribution in [-0.2, 0) is 22.5 Å². The lowest BCUT2D eigenvalue weighted by Gasteiger charge is -2.36. The number of nitrogens with zero attached hydrogens (tertiary/aromatic N) is 5. The van der Waals surface area contributed by atoms with Crippen molar-refractivity contribution in [1.29, 1.82) is 0 Å². The molecule has 1 aromatic heterocycles. The van der Waals surface area contributed by atoms with Crippen LogP contribution in [0.3, 0.4) is 0 Å². The highest BCUT2D eigenvalue weighted by molar-refractivity contribution is 5.78. The van der Waals surface area contributed by atoms with E-state index in [1.165, 1.54) is 0 Å². The van der Waals surface area contributed by atoms with Crippen molar-refractivity contribution in [3.8, 4) is 0 Å². The Bertz CT molecular complexity index is 870. The topological polar surface area (TPSA) is 88.0 Å². The lowest BCUT2D eigenvalue weighted by molar-refractivity contribution is -0.134. The third kappa shape index (κ3) is 5.31. The molecule has 4 rings (SSSR count). The average Bonchev–Trinajstić information content (AvgIpc) is 3.06. The van der Waals surface area contributed by atoms with Gasteiger partial charge in [-0.05, 0) is 45.7 Å². The Kier molecular flexibility index (Phi) is 7.44. The predicted octanol–water partition coefficient (Wildman–Crippen LogP) is 1.45. The van der Waals surface area contributed by atoms with E-state index in [0.717, 1.165) is 69.7 Å². The largest absolute Gasteiger partial charge is 0.450 e. The number of rotatable bonds is 4. The first-order valence-corrected chi connectivity index (χ1v) is 12.1. The average molecular weight is 446 g/mol. The van der Waals surface area contributed by atoms with Crippen LogP contribution >= 0.6 is 0 Å². The second kappa shape index (κ2) is 10.5. The van der Waals surface area contributed by atoms with Gasteiger partial charge in [0.15, 0.2) is 0 Å². The van der Waals surface area contributed by atoms with Crippen LogP contribution in [0.25, 0.3) is 0 Å². The summed E-state index contributed by atoms with van der Waals surface area (Å²) in [5.41, 5.74) is 1.02. The molecule has 0 N–H and O–H groups in total. The molecule has 0 unspecified atom stereocenters. The zero-order valence-corrected chi connectivity index (χ0v) is 19.1. The second-order valence-corrected chi connectivity index (χ2v) is 9.01. The van der Waals surface area contributed by atoms with Gasteiger partial charge in [-0.3, -0.25) is 19.1 Å². The van der Waals surface area contributed by atoms with E-state index in [-0.39, 0.29) is 23.5 Å². The summed E-state index contributed by atoms with van der Waals surface area (Å²) in [7, 11) is 0. The van der Waals surface area contributed by atoms with Gasteiger partial charge in [0.05, 0.1) is 18.8 Å². The molecule has 4 heterocycles. The smallest absolute Gasteiger partial charge is 0.409 e. The van der Waals surface area contributed by atoms with Crippen molar-refractivity contribution in [3.05, 3.63) is 27.9 Å². The number of aryl methyl sites for hydroxylation is 1. The third-order valence-electron chi connectivity index (χ3n) is 6.91. The molecular weight excluding hydrogens is 410 g/mol. The number of carbonyl (C=O) groups excluding carboxylic acids is 2. The molecule has 3 aliphatic heterocycles. The molecule has 3 aliphatic rings. The minimum absolute atomic E-state index is 0.0893. The van der Waals surface area contributed by atoms with E-state index >= 15 is 0 Å². The molecule has 0 atom stereocenters. The maximum atomic E-state index is 12.8. The van der Waals surface area contributed by atoms with Gasteiger partial charge >= 0.3 is 6.09 Å². The molecule has 2 saturated heterocycles. The Morgan fingerprint density at radius 2 is 1.72 bits per heavy atom. The van der Waals surface area contributed by atoms with Crippen LogP contribution in [-0.4, -0.2) is 88.7 Å². The molecule has 1 aromatic rings. The van der Waals surface area contributed by atoms with Crippen molar-refractivity contribution in [3.63, 3.8) is 0 Å². The predicted molar refractivity (Wildman–Crippen MR) is 120 cm³/mol. The van der Waals surface area contributed by atoms with E-state index in [4.69, 9.17) is 9.72 Å². The van der Waals surface area contributed by atoms with Crippen LogP contribution < -0.4 is 5.56 Å². The standard InChI is InChI=1S/C23H35N5O4/c1-2-32-23(31)27-14-12-26(13-15-27)22(30)17-25-10-7-18(8-11-25)19-16-21(29)28-9-5-3-4-6-20(28)24-19/h16,18H,2-15,17H2,1H3. The highest BCUT2D eigenvalue weighted by Crippen LogP contribution is 2.27. The Balaban J connectivity index is 1.26. The first kappa shape index (κ1) is 22.8. The second-order valence-electron chi connectivity index (χ2n) is 9.01. The SMILES string of the molecule is CCOC(=O)N1CCN(C(=O)CN2CCC(c3cc(=O)n4c(n3)CCCCC4)CC2)CC1. The van der Waals surface area contributed by atoms with Crippen molar-refractivity contribution >= 4 is 12.0 Å². The molecule has 2 amide bonds. The molecule has 0 bridgehead atoms. The summed E-state index contributed by atoms with van der Waals surface area (Å²) in [6.45, 7) is 7.17. The van der Waals surface area contributed by atoms with Gasteiger partial charge in [0.25, 0.3) is 5.56 Å². The zero-order chi connectivity index (χ0) is 22.5. The Hall–Kier alpha value is -2.42. The molecule has 9 nitrogen and oxygen atoms in total.